The molecule has 0 saturated heterocycles. The number of amides is 1. The van der Waals surface area contributed by atoms with Gasteiger partial charge in [-0.15, -0.1) is 10.2 Å². The van der Waals surface area contributed by atoms with Crippen LogP contribution in [0.1, 0.15) is 30.5 Å². The Kier molecular flexibility index (Phi) is 4.15. The molecule has 1 aliphatic carbocycles. The molecule has 0 spiro atoms. The van der Waals surface area contributed by atoms with Crippen molar-refractivity contribution in [3.63, 3.8) is 0 Å². The Balaban J connectivity index is 1.66. The lowest BCUT2D eigenvalue weighted by Gasteiger charge is -2.17. The van der Waals surface area contributed by atoms with E-state index in [1.165, 1.54) is 17.8 Å². The lowest BCUT2D eigenvalue weighted by molar-refractivity contribution is -0.121. The van der Waals surface area contributed by atoms with Crippen LogP contribution < -0.4 is 5.32 Å². The van der Waals surface area contributed by atoms with Gasteiger partial charge in [-0.3, -0.25) is 4.79 Å². The largest absolute Gasteiger partial charge is 0.348 e. The monoisotopic (exact) mass is 320 g/mol. The Labute approximate surface area is 132 Å². The van der Waals surface area contributed by atoms with Crippen molar-refractivity contribution in [2.75, 3.05) is 0 Å². The number of nitrogens with zero attached hydrogens (tertiary/aromatic N) is 3. The summed E-state index contributed by atoms with van der Waals surface area (Å²) in [6, 6.07) is 4.93. The van der Waals surface area contributed by atoms with E-state index in [0.717, 1.165) is 17.5 Å². The second-order valence-electron chi connectivity index (χ2n) is 5.39. The first-order valence-electron chi connectivity index (χ1n) is 7.14. The van der Waals surface area contributed by atoms with E-state index in [-0.39, 0.29) is 23.0 Å². The van der Waals surface area contributed by atoms with Gasteiger partial charge in [-0.05, 0) is 37.0 Å². The van der Waals surface area contributed by atoms with E-state index in [0.29, 0.717) is 11.6 Å². The molecule has 116 valence electrons. The van der Waals surface area contributed by atoms with Crippen LogP contribution in [0, 0.1) is 5.82 Å². The number of carbonyl (C=O) groups is 1. The number of rotatable bonds is 4. The number of hydrogen-bond acceptors (Lipinski definition) is 4. The number of hydrogen-bond donors (Lipinski definition) is 1. The minimum Gasteiger partial charge on any atom is -0.348 e. The lowest BCUT2D eigenvalue weighted by Crippen LogP contribution is -2.33. The van der Waals surface area contributed by atoms with E-state index in [2.05, 4.69) is 15.5 Å². The maximum Gasteiger partial charge on any atom is 0.233 e. The zero-order valence-corrected chi connectivity index (χ0v) is 13.2. The molecule has 0 radical (unpaired) electrons. The summed E-state index contributed by atoms with van der Waals surface area (Å²) in [5.41, 5.74) is 1.62. The van der Waals surface area contributed by atoms with E-state index in [9.17, 15) is 9.18 Å². The molecule has 2 atom stereocenters. The highest BCUT2D eigenvalue weighted by Gasteiger charge is 2.28. The lowest BCUT2D eigenvalue weighted by atomic mass is 10.1. The van der Waals surface area contributed by atoms with Gasteiger partial charge in [-0.25, -0.2) is 4.39 Å². The number of fused-ring (bicyclic) bond motifs is 1. The SMILES string of the molecule is C[C@H](Sc1nncn1C)C(=O)N[C@@H]1CCc2c(F)cccc21. The molecular formula is C15H17FN4OS. The van der Waals surface area contributed by atoms with Crippen LogP contribution in [0.15, 0.2) is 29.7 Å². The molecule has 1 amide bonds. The van der Waals surface area contributed by atoms with Gasteiger partial charge in [0.25, 0.3) is 0 Å². The van der Waals surface area contributed by atoms with Gasteiger partial charge in [0.05, 0.1) is 11.3 Å². The second-order valence-corrected chi connectivity index (χ2v) is 6.70. The van der Waals surface area contributed by atoms with Crippen molar-refractivity contribution in [1.29, 1.82) is 0 Å². The van der Waals surface area contributed by atoms with E-state index in [1.807, 2.05) is 20.0 Å². The van der Waals surface area contributed by atoms with Crippen molar-refractivity contribution in [3.8, 4) is 0 Å². The number of aromatic nitrogens is 3. The van der Waals surface area contributed by atoms with Gasteiger partial charge >= 0.3 is 0 Å². The molecule has 3 rings (SSSR count). The third-order valence-corrected chi connectivity index (χ3v) is 5.00. The fourth-order valence-electron chi connectivity index (χ4n) is 2.64. The third-order valence-electron chi connectivity index (χ3n) is 3.85. The van der Waals surface area contributed by atoms with Crippen LogP contribution in [0.3, 0.4) is 0 Å². The van der Waals surface area contributed by atoms with Crippen LogP contribution in [0.25, 0.3) is 0 Å². The normalized spacial score (nSPS) is 18.0. The molecule has 22 heavy (non-hydrogen) atoms. The molecule has 0 unspecified atom stereocenters. The number of carbonyl (C=O) groups excluding carboxylic acids is 1. The van der Waals surface area contributed by atoms with Crippen LogP contribution in [-0.2, 0) is 18.3 Å². The second kappa shape index (κ2) is 6.08. The average Bonchev–Trinajstić information content (AvgIpc) is 3.07. The minimum absolute atomic E-state index is 0.0740. The van der Waals surface area contributed by atoms with Gasteiger partial charge in [-0.1, -0.05) is 23.9 Å². The summed E-state index contributed by atoms with van der Waals surface area (Å²) in [6.45, 7) is 1.83. The Morgan fingerprint density at radius 3 is 3.09 bits per heavy atom. The maximum atomic E-state index is 13.7. The molecule has 0 saturated carbocycles. The molecule has 1 aromatic heterocycles. The molecule has 0 aliphatic heterocycles. The summed E-state index contributed by atoms with van der Waals surface area (Å²) in [6.07, 6.45) is 3.00. The summed E-state index contributed by atoms with van der Waals surface area (Å²) in [7, 11) is 1.84. The summed E-state index contributed by atoms with van der Waals surface area (Å²) in [4.78, 5) is 12.3. The predicted octanol–water partition coefficient (Wildman–Crippen LogP) is 2.24. The highest BCUT2D eigenvalue weighted by atomic mass is 32.2. The molecule has 5 nitrogen and oxygen atoms in total. The van der Waals surface area contributed by atoms with Crippen LogP contribution >= 0.6 is 11.8 Å². The third kappa shape index (κ3) is 2.85. The Hall–Kier alpha value is -1.89. The fraction of sp³-hybridized carbons (Fsp3) is 0.400. The summed E-state index contributed by atoms with van der Waals surface area (Å²) < 4.78 is 15.5. The molecule has 1 heterocycles. The van der Waals surface area contributed by atoms with Crippen LogP contribution in [-0.4, -0.2) is 25.9 Å². The van der Waals surface area contributed by atoms with Crippen molar-refractivity contribution in [2.45, 2.75) is 36.2 Å². The molecule has 1 N–H and O–H groups in total. The van der Waals surface area contributed by atoms with E-state index >= 15 is 0 Å². The summed E-state index contributed by atoms with van der Waals surface area (Å²) in [5, 5.41) is 11.2. The highest BCUT2D eigenvalue weighted by molar-refractivity contribution is 8.00. The molecule has 0 bridgehead atoms. The summed E-state index contributed by atoms with van der Waals surface area (Å²) in [5.74, 6) is -0.258. The number of benzene rings is 1. The Morgan fingerprint density at radius 1 is 1.55 bits per heavy atom. The standard InChI is InChI=1S/C15H17FN4OS/c1-9(22-15-19-17-8-20(15)2)14(21)18-13-7-6-10-11(13)4-3-5-12(10)16/h3-5,8-9,13H,6-7H2,1-2H3,(H,18,21)/t9-,13+/m0/s1. The molecule has 2 aromatic rings. The number of nitrogens with one attached hydrogen (secondary N) is 1. The van der Waals surface area contributed by atoms with Gasteiger partial charge in [0, 0.05) is 7.05 Å². The van der Waals surface area contributed by atoms with E-state index in [1.54, 1.807) is 17.0 Å². The van der Waals surface area contributed by atoms with Gasteiger partial charge in [0.1, 0.15) is 12.1 Å². The van der Waals surface area contributed by atoms with Crippen molar-refractivity contribution < 1.29 is 9.18 Å². The fourth-order valence-corrected chi connectivity index (χ4v) is 3.44. The topological polar surface area (TPSA) is 59.8 Å². The Morgan fingerprint density at radius 2 is 2.36 bits per heavy atom. The first-order chi connectivity index (χ1) is 10.6. The van der Waals surface area contributed by atoms with Crippen molar-refractivity contribution in [3.05, 3.63) is 41.5 Å². The van der Waals surface area contributed by atoms with Crippen LogP contribution in [0.2, 0.25) is 0 Å². The van der Waals surface area contributed by atoms with Gasteiger partial charge in [-0.2, -0.15) is 0 Å². The maximum absolute atomic E-state index is 13.7. The van der Waals surface area contributed by atoms with Crippen molar-refractivity contribution in [2.24, 2.45) is 7.05 Å². The zero-order valence-electron chi connectivity index (χ0n) is 12.4. The Bertz CT molecular complexity index is 703. The van der Waals surface area contributed by atoms with E-state index < -0.39 is 0 Å². The van der Waals surface area contributed by atoms with Crippen molar-refractivity contribution >= 4 is 17.7 Å². The molecule has 7 heteroatoms. The van der Waals surface area contributed by atoms with Gasteiger partial charge in [0.15, 0.2) is 5.16 Å². The number of thioether (sulfide) groups is 1. The van der Waals surface area contributed by atoms with Crippen LogP contribution in [0.4, 0.5) is 4.39 Å². The smallest absolute Gasteiger partial charge is 0.233 e. The molecular weight excluding hydrogens is 303 g/mol. The van der Waals surface area contributed by atoms with Crippen LogP contribution in [0.5, 0.6) is 0 Å². The first-order valence-corrected chi connectivity index (χ1v) is 8.02. The van der Waals surface area contributed by atoms with E-state index in [4.69, 9.17) is 0 Å². The minimum atomic E-state index is -0.291. The quantitative estimate of drug-likeness (QED) is 0.878. The average molecular weight is 320 g/mol. The van der Waals surface area contributed by atoms with Gasteiger partial charge < -0.3 is 9.88 Å². The number of halogens is 1. The molecule has 1 aromatic carbocycles. The molecule has 1 aliphatic rings. The highest BCUT2D eigenvalue weighted by Crippen LogP contribution is 2.33. The predicted molar refractivity (Wildman–Crippen MR) is 81.9 cm³/mol. The zero-order chi connectivity index (χ0) is 15.7. The van der Waals surface area contributed by atoms with Crippen molar-refractivity contribution in [1.82, 2.24) is 20.1 Å². The van der Waals surface area contributed by atoms with Gasteiger partial charge in [0.2, 0.25) is 5.91 Å². The molecule has 0 fully saturated rings. The number of aryl methyl sites for hydroxylation is 1. The summed E-state index contributed by atoms with van der Waals surface area (Å²) >= 11 is 1.36. The first kappa shape index (κ1) is 15.0.